The van der Waals surface area contributed by atoms with E-state index in [0.717, 1.165) is 0 Å². The summed E-state index contributed by atoms with van der Waals surface area (Å²) in [5.74, 6) is -0.870. The summed E-state index contributed by atoms with van der Waals surface area (Å²) in [4.78, 5) is 11.6. The zero-order valence-electron chi connectivity index (χ0n) is 8.83. The van der Waals surface area contributed by atoms with Gasteiger partial charge in [0.1, 0.15) is 5.82 Å². The van der Waals surface area contributed by atoms with Gasteiger partial charge >= 0.3 is 0 Å². The van der Waals surface area contributed by atoms with Crippen LogP contribution >= 0.6 is 0 Å². The highest BCUT2D eigenvalue weighted by molar-refractivity contribution is 5.92. The van der Waals surface area contributed by atoms with E-state index in [2.05, 4.69) is 5.32 Å². The van der Waals surface area contributed by atoms with E-state index < -0.39 is 0 Å². The van der Waals surface area contributed by atoms with E-state index in [-0.39, 0.29) is 23.7 Å². The van der Waals surface area contributed by atoms with Gasteiger partial charge in [0, 0.05) is 11.7 Å². The van der Waals surface area contributed by atoms with Crippen molar-refractivity contribution in [1.82, 2.24) is 0 Å². The average Bonchev–Trinajstić information content (AvgIpc) is 2.16. The van der Waals surface area contributed by atoms with Gasteiger partial charge in [-0.3, -0.25) is 4.79 Å². The lowest BCUT2D eigenvalue weighted by Gasteiger charge is -2.15. The van der Waals surface area contributed by atoms with Crippen LogP contribution in [0.2, 0.25) is 0 Å². The predicted octanol–water partition coefficient (Wildman–Crippen LogP) is 1.75. The minimum Gasteiger partial charge on any atom is -0.327 e. The van der Waals surface area contributed by atoms with Crippen molar-refractivity contribution in [2.75, 3.05) is 5.32 Å². The number of anilines is 1. The molecule has 3 N–H and O–H groups in total. The van der Waals surface area contributed by atoms with E-state index in [1.807, 2.05) is 0 Å². The molecule has 0 spiro atoms. The number of carbonyl (C=O) groups excluding carboxylic acids is 1. The lowest BCUT2D eigenvalue weighted by atomic mass is 10.0. The van der Waals surface area contributed by atoms with E-state index in [0.29, 0.717) is 5.69 Å². The van der Waals surface area contributed by atoms with Crippen LogP contribution in [0.4, 0.5) is 10.1 Å². The van der Waals surface area contributed by atoms with Crippen LogP contribution in [-0.4, -0.2) is 11.9 Å². The highest BCUT2D eigenvalue weighted by atomic mass is 19.1. The van der Waals surface area contributed by atoms with Crippen molar-refractivity contribution in [3.63, 3.8) is 0 Å². The van der Waals surface area contributed by atoms with Crippen molar-refractivity contribution in [1.29, 1.82) is 0 Å². The van der Waals surface area contributed by atoms with E-state index >= 15 is 0 Å². The molecule has 0 saturated heterocycles. The second-order valence-corrected chi connectivity index (χ2v) is 3.65. The van der Waals surface area contributed by atoms with E-state index in [1.54, 1.807) is 26.0 Å². The molecular weight excluding hydrogens is 195 g/mol. The smallest absolute Gasteiger partial charge is 0.228 e. The number of nitrogens with two attached hydrogens (primary N) is 1. The summed E-state index contributed by atoms with van der Waals surface area (Å²) in [5.41, 5.74) is 6.04. The maximum absolute atomic E-state index is 12.8. The first-order valence-electron chi connectivity index (χ1n) is 4.82. The van der Waals surface area contributed by atoms with Gasteiger partial charge in [0.2, 0.25) is 5.91 Å². The van der Waals surface area contributed by atoms with Crippen molar-refractivity contribution in [3.8, 4) is 0 Å². The molecule has 0 aromatic heterocycles. The van der Waals surface area contributed by atoms with Crippen molar-refractivity contribution < 1.29 is 9.18 Å². The number of hydrogen-bond donors (Lipinski definition) is 2. The summed E-state index contributed by atoms with van der Waals surface area (Å²) in [6.45, 7) is 3.50. The Morgan fingerprint density at radius 3 is 2.67 bits per heavy atom. The third-order valence-electron chi connectivity index (χ3n) is 2.29. The second-order valence-electron chi connectivity index (χ2n) is 3.65. The molecule has 1 aromatic rings. The topological polar surface area (TPSA) is 55.1 Å². The number of rotatable bonds is 3. The molecule has 0 saturated carbocycles. The molecule has 0 aliphatic heterocycles. The maximum Gasteiger partial charge on any atom is 0.228 e. The Balaban J connectivity index is 2.66. The molecule has 1 amide bonds. The first-order valence-corrected chi connectivity index (χ1v) is 4.82. The van der Waals surface area contributed by atoms with Crippen LogP contribution in [0.1, 0.15) is 13.8 Å². The minimum atomic E-state index is -0.374. The van der Waals surface area contributed by atoms with Gasteiger partial charge in [-0.2, -0.15) is 0 Å². The number of carbonyl (C=O) groups is 1. The third-order valence-corrected chi connectivity index (χ3v) is 2.29. The fourth-order valence-corrected chi connectivity index (χ4v) is 1.06. The molecule has 0 aliphatic carbocycles. The SMILES string of the molecule is CC(N)C(C)C(=O)Nc1cccc(F)c1. The molecule has 0 heterocycles. The van der Waals surface area contributed by atoms with Crippen molar-refractivity contribution in [3.05, 3.63) is 30.1 Å². The number of hydrogen-bond acceptors (Lipinski definition) is 2. The molecule has 1 rings (SSSR count). The van der Waals surface area contributed by atoms with Gasteiger partial charge in [-0.1, -0.05) is 13.0 Å². The van der Waals surface area contributed by atoms with Crippen molar-refractivity contribution in [2.24, 2.45) is 11.7 Å². The largest absolute Gasteiger partial charge is 0.327 e. The standard InChI is InChI=1S/C11H15FN2O/c1-7(8(2)13)11(15)14-10-5-3-4-9(12)6-10/h3-8H,13H2,1-2H3,(H,14,15). The van der Waals surface area contributed by atoms with Gasteiger partial charge in [0.05, 0.1) is 5.92 Å². The van der Waals surface area contributed by atoms with Gasteiger partial charge in [-0.25, -0.2) is 4.39 Å². The normalized spacial score (nSPS) is 14.4. The maximum atomic E-state index is 12.8. The average molecular weight is 210 g/mol. The number of nitrogens with one attached hydrogen (secondary N) is 1. The zero-order chi connectivity index (χ0) is 11.4. The van der Waals surface area contributed by atoms with Crippen LogP contribution in [-0.2, 0) is 4.79 Å². The Labute approximate surface area is 88.5 Å². The van der Waals surface area contributed by atoms with E-state index in [9.17, 15) is 9.18 Å². The number of benzene rings is 1. The van der Waals surface area contributed by atoms with Crippen LogP contribution in [0, 0.1) is 11.7 Å². The van der Waals surface area contributed by atoms with Crippen molar-refractivity contribution in [2.45, 2.75) is 19.9 Å². The Bertz CT molecular complexity index is 352. The quantitative estimate of drug-likeness (QED) is 0.798. The molecule has 15 heavy (non-hydrogen) atoms. The Kier molecular flexibility index (Phi) is 3.80. The molecule has 0 radical (unpaired) electrons. The minimum absolute atomic E-state index is 0.199. The lowest BCUT2D eigenvalue weighted by molar-refractivity contribution is -0.119. The van der Waals surface area contributed by atoms with Gasteiger partial charge in [-0.15, -0.1) is 0 Å². The summed E-state index contributed by atoms with van der Waals surface area (Å²) >= 11 is 0. The van der Waals surface area contributed by atoms with Crippen LogP contribution in [0.15, 0.2) is 24.3 Å². The Morgan fingerprint density at radius 1 is 1.47 bits per heavy atom. The fraction of sp³-hybridized carbons (Fsp3) is 0.364. The zero-order valence-corrected chi connectivity index (χ0v) is 8.83. The van der Waals surface area contributed by atoms with Crippen LogP contribution < -0.4 is 11.1 Å². The highest BCUT2D eigenvalue weighted by Crippen LogP contribution is 2.11. The molecule has 0 bridgehead atoms. The van der Waals surface area contributed by atoms with Crippen LogP contribution in [0.3, 0.4) is 0 Å². The summed E-state index contributed by atoms with van der Waals surface area (Å²) in [6.07, 6.45) is 0. The van der Waals surface area contributed by atoms with E-state index in [4.69, 9.17) is 5.73 Å². The van der Waals surface area contributed by atoms with Gasteiger partial charge in [-0.05, 0) is 25.1 Å². The third kappa shape index (κ3) is 3.32. The summed E-state index contributed by atoms with van der Waals surface area (Å²) in [7, 11) is 0. The first kappa shape index (κ1) is 11.7. The Hall–Kier alpha value is -1.42. The molecule has 2 atom stereocenters. The molecular formula is C11H15FN2O. The summed E-state index contributed by atoms with van der Waals surface area (Å²) in [6, 6.07) is 5.55. The number of halogens is 1. The summed E-state index contributed by atoms with van der Waals surface area (Å²) < 4.78 is 12.8. The molecule has 0 fully saturated rings. The molecule has 1 aromatic carbocycles. The van der Waals surface area contributed by atoms with Crippen LogP contribution in [0.5, 0.6) is 0 Å². The van der Waals surface area contributed by atoms with E-state index in [1.165, 1.54) is 12.1 Å². The molecule has 3 nitrogen and oxygen atoms in total. The molecule has 0 aliphatic rings. The highest BCUT2D eigenvalue weighted by Gasteiger charge is 2.16. The predicted molar refractivity (Wildman–Crippen MR) is 57.8 cm³/mol. The molecule has 82 valence electrons. The van der Waals surface area contributed by atoms with Crippen LogP contribution in [0.25, 0.3) is 0 Å². The fourth-order valence-electron chi connectivity index (χ4n) is 1.06. The Morgan fingerprint density at radius 2 is 2.13 bits per heavy atom. The van der Waals surface area contributed by atoms with Gasteiger partial charge in [0.15, 0.2) is 0 Å². The lowest BCUT2D eigenvalue weighted by Crippen LogP contribution is -2.34. The molecule has 4 heteroatoms. The first-order chi connectivity index (χ1) is 7.00. The second kappa shape index (κ2) is 4.89. The number of amides is 1. The summed E-state index contributed by atoms with van der Waals surface area (Å²) in [5, 5.41) is 2.60. The van der Waals surface area contributed by atoms with Gasteiger partial charge < -0.3 is 11.1 Å². The monoisotopic (exact) mass is 210 g/mol. The van der Waals surface area contributed by atoms with Crippen molar-refractivity contribution >= 4 is 11.6 Å². The molecule has 2 unspecified atom stereocenters. The van der Waals surface area contributed by atoms with Gasteiger partial charge in [0.25, 0.3) is 0 Å².